The van der Waals surface area contributed by atoms with Gasteiger partial charge in [-0.3, -0.25) is 14.3 Å². The normalized spacial score (nSPS) is 13.6. The minimum absolute atomic E-state index is 0.155. The quantitative estimate of drug-likeness (QED) is 0.411. The smallest absolute Gasteiger partial charge is 0.289 e. The van der Waals surface area contributed by atoms with Crippen LogP contribution in [0.3, 0.4) is 0 Å². The van der Waals surface area contributed by atoms with E-state index in [4.69, 9.17) is 9.15 Å². The molecule has 3 heterocycles. The molecule has 0 spiro atoms. The van der Waals surface area contributed by atoms with E-state index in [1.165, 1.54) is 6.26 Å². The molecule has 4 aromatic rings. The Morgan fingerprint density at radius 3 is 2.06 bits per heavy atom. The number of piperazine rings is 1. The molecule has 0 unspecified atom stereocenters. The predicted octanol–water partition coefficient (Wildman–Crippen LogP) is 3.70. The Morgan fingerprint density at radius 2 is 1.43 bits per heavy atom. The molecule has 0 radical (unpaired) electrons. The van der Waals surface area contributed by atoms with E-state index in [0.717, 1.165) is 11.1 Å². The van der Waals surface area contributed by atoms with Crippen LogP contribution in [0.1, 0.15) is 32.0 Å². The van der Waals surface area contributed by atoms with Gasteiger partial charge in [0.15, 0.2) is 5.76 Å². The Balaban J connectivity index is 1.31. The van der Waals surface area contributed by atoms with E-state index in [2.05, 4.69) is 5.10 Å². The van der Waals surface area contributed by atoms with Gasteiger partial charge in [0, 0.05) is 32.4 Å². The van der Waals surface area contributed by atoms with E-state index in [-0.39, 0.29) is 11.8 Å². The fourth-order valence-corrected chi connectivity index (χ4v) is 4.07. The number of benzene rings is 2. The number of amides is 2. The second-order valence-electron chi connectivity index (χ2n) is 8.37. The molecule has 1 saturated heterocycles. The number of carbonyl (C=O) groups is 2. The molecule has 0 atom stereocenters. The average molecular weight is 471 g/mol. The molecule has 8 heteroatoms. The van der Waals surface area contributed by atoms with Crippen LogP contribution in [0, 0.1) is 0 Å². The average Bonchev–Trinajstić information content (AvgIpc) is 3.59. The first-order valence-electron chi connectivity index (χ1n) is 11.6. The Bertz CT molecular complexity index is 1260. The summed E-state index contributed by atoms with van der Waals surface area (Å²) in [7, 11) is 0. The Labute approximate surface area is 203 Å². The third-order valence-electron chi connectivity index (χ3n) is 5.95. The van der Waals surface area contributed by atoms with Crippen LogP contribution >= 0.6 is 0 Å². The van der Waals surface area contributed by atoms with Crippen molar-refractivity contribution < 1.29 is 18.7 Å². The van der Waals surface area contributed by atoms with Crippen LogP contribution in [0.25, 0.3) is 0 Å². The summed E-state index contributed by atoms with van der Waals surface area (Å²) in [6.07, 6.45) is 3.23. The molecule has 0 bridgehead atoms. The molecule has 2 amide bonds. The molecule has 0 N–H and O–H groups in total. The van der Waals surface area contributed by atoms with Crippen molar-refractivity contribution in [3.8, 4) is 5.88 Å². The highest BCUT2D eigenvalue weighted by Crippen LogP contribution is 2.22. The van der Waals surface area contributed by atoms with Gasteiger partial charge < -0.3 is 19.0 Å². The van der Waals surface area contributed by atoms with E-state index >= 15 is 0 Å². The lowest BCUT2D eigenvalue weighted by Gasteiger charge is -2.34. The van der Waals surface area contributed by atoms with Gasteiger partial charge in [-0.15, -0.1) is 5.10 Å². The number of furan rings is 1. The zero-order valence-corrected chi connectivity index (χ0v) is 19.2. The van der Waals surface area contributed by atoms with Gasteiger partial charge in [-0.05, 0) is 23.3 Å². The van der Waals surface area contributed by atoms with Gasteiger partial charge in [0.2, 0.25) is 5.88 Å². The third kappa shape index (κ3) is 5.27. The van der Waals surface area contributed by atoms with Gasteiger partial charge in [-0.1, -0.05) is 60.7 Å². The molecule has 35 heavy (non-hydrogen) atoms. The summed E-state index contributed by atoms with van der Waals surface area (Å²) >= 11 is 0. The topological polar surface area (TPSA) is 80.8 Å². The van der Waals surface area contributed by atoms with E-state index in [1.54, 1.807) is 32.8 Å². The largest absolute Gasteiger partial charge is 0.471 e. The fraction of sp³-hybridized carbons (Fsp3) is 0.222. The summed E-state index contributed by atoms with van der Waals surface area (Å²) in [6.45, 7) is 2.56. The van der Waals surface area contributed by atoms with Crippen molar-refractivity contribution in [3.05, 3.63) is 108 Å². The highest BCUT2D eigenvalue weighted by molar-refractivity contribution is 5.96. The van der Waals surface area contributed by atoms with Crippen molar-refractivity contribution in [2.45, 2.75) is 13.2 Å². The van der Waals surface area contributed by atoms with Gasteiger partial charge in [-0.2, -0.15) is 0 Å². The predicted molar refractivity (Wildman–Crippen MR) is 129 cm³/mol. The Morgan fingerprint density at radius 1 is 0.800 bits per heavy atom. The summed E-state index contributed by atoms with van der Waals surface area (Å²) in [5.41, 5.74) is 2.49. The second-order valence-corrected chi connectivity index (χ2v) is 8.37. The maximum Gasteiger partial charge on any atom is 0.289 e. The maximum atomic E-state index is 13.5. The van der Waals surface area contributed by atoms with Crippen LogP contribution in [0.4, 0.5) is 0 Å². The summed E-state index contributed by atoms with van der Waals surface area (Å²) < 4.78 is 13.0. The number of nitrogens with zero attached hydrogens (tertiary/aromatic N) is 4. The van der Waals surface area contributed by atoms with Crippen molar-refractivity contribution in [2.75, 3.05) is 26.2 Å². The lowest BCUT2D eigenvalue weighted by Crippen LogP contribution is -2.50. The molecule has 5 rings (SSSR count). The van der Waals surface area contributed by atoms with Gasteiger partial charge in [0.05, 0.1) is 12.8 Å². The molecule has 0 saturated carbocycles. The van der Waals surface area contributed by atoms with Gasteiger partial charge in [0.1, 0.15) is 12.2 Å². The molecule has 2 aromatic heterocycles. The first-order valence-corrected chi connectivity index (χ1v) is 11.6. The fourth-order valence-electron chi connectivity index (χ4n) is 4.07. The zero-order chi connectivity index (χ0) is 24.0. The van der Waals surface area contributed by atoms with Crippen LogP contribution in [-0.2, 0) is 13.2 Å². The van der Waals surface area contributed by atoms with Gasteiger partial charge >= 0.3 is 0 Å². The lowest BCUT2D eigenvalue weighted by molar-refractivity contribution is 0.0515. The molecule has 0 aliphatic carbocycles. The van der Waals surface area contributed by atoms with Crippen LogP contribution < -0.4 is 4.74 Å². The first kappa shape index (κ1) is 22.5. The molecule has 1 fully saturated rings. The lowest BCUT2D eigenvalue weighted by atomic mass is 10.2. The van der Waals surface area contributed by atoms with Crippen LogP contribution in [0.5, 0.6) is 5.88 Å². The molecule has 178 valence electrons. The van der Waals surface area contributed by atoms with E-state index in [0.29, 0.717) is 56.5 Å². The van der Waals surface area contributed by atoms with Gasteiger partial charge in [-0.25, -0.2) is 0 Å². The first-order chi connectivity index (χ1) is 17.2. The van der Waals surface area contributed by atoms with E-state index in [1.807, 2.05) is 60.7 Å². The Kier molecular flexibility index (Phi) is 6.61. The number of hydrogen-bond acceptors (Lipinski definition) is 5. The molecule has 2 aromatic carbocycles. The number of carbonyl (C=O) groups excluding carboxylic acids is 2. The highest BCUT2D eigenvalue weighted by atomic mass is 16.5. The van der Waals surface area contributed by atoms with E-state index < -0.39 is 0 Å². The zero-order valence-electron chi connectivity index (χ0n) is 19.2. The molecule has 1 aliphatic rings. The van der Waals surface area contributed by atoms with Crippen molar-refractivity contribution in [3.63, 3.8) is 0 Å². The van der Waals surface area contributed by atoms with Crippen LogP contribution in [-0.4, -0.2) is 57.6 Å². The van der Waals surface area contributed by atoms with E-state index in [9.17, 15) is 9.59 Å². The Hall–Kier alpha value is -4.33. The molecule has 1 aliphatic heterocycles. The molecular formula is C27H26N4O4. The SMILES string of the molecule is O=C(c1ccco1)N1CCN(C(=O)c2cn(Cc3ccccc3)nc2OCc2ccccc2)CC1. The van der Waals surface area contributed by atoms with Gasteiger partial charge in [0.25, 0.3) is 11.8 Å². The summed E-state index contributed by atoms with van der Waals surface area (Å²) in [5.74, 6) is 0.301. The highest BCUT2D eigenvalue weighted by Gasteiger charge is 2.29. The standard InChI is InChI=1S/C27H26N4O4/c32-26(29-13-15-30(16-14-29)27(33)24-12-7-17-34-24)23-19-31(18-21-8-3-1-4-9-21)28-25(23)35-20-22-10-5-2-6-11-22/h1-12,17,19H,13-16,18,20H2. The number of ether oxygens (including phenoxy) is 1. The summed E-state index contributed by atoms with van der Waals surface area (Å²) in [5, 5.41) is 4.58. The third-order valence-corrected chi connectivity index (χ3v) is 5.95. The number of rotatable bonds is 7. The van der Waals surface area contributed by atoms with Crippen molar-refractivity contribution in [1.82, 2.24) is 19.6 Å². The van der Waals surface area contributed by atoms with Crippen LogP contribution in [0.15, 0.2) is 89.7 Å². The summed E-state index contributed by atoms with van der Waals surface area (Å²) in [6, 6.07) is 23.1. The summed E-state index contributed by atoms with van der Waals surface area (Å²) in [4.78, 5) is 29.5. The molecule has 8 nitrogen and oxygen atoms in total. The molecular weight excluding hydrogens is 444 g/mol. The monoisotopic (exact) mass is 470 g/mol. The van der Waals surface area contributed by atoms with Crippen molar-refractivity contribution in [2.24, 2.45) is 0 Å². The second kappa shape index (κ2) is 10.3. The van der Waals surface area contributed by atoms with Crippen LogP contribution in [0.2, 0.25) is 0 Å². The minimum atomic E-state index is -0.162. The minimum Gasteiger partial charge on any atom is -0.471 e. The van der Waals surface area contributed by atoms with Crippen molar-refractivity contribution >= 4 is 11.8 Å². The van der Waals surface area contributed by atoms with Crippen molar-refractivity contribution in [1.29, 1.82) is 0 Å². The number of aromatic nitrogens is 2. The maximum absolute atomic E-state index is 13.5. The number of hydrogen-bond donors (Lipinski definition) is 0.